The second-order valence-electron chi connectivity index (χ2n) is 5.96. The summed E-state index contributed by atoms with van der Waals surface area (Å²) in [5.74, 6) is 0.00986. The molecule has 8 heteroatoms. The van der Waals surface area contributed by atoms with E-state index in [2.05, 4.69) is 10.1 Å². The highest BCUT2D eigenvalue weighted by molar-refractivity contribution is 6.40. The zero-order valence-electron chi connectivity index (χ0n) is 14.2. The molecule has 1 aliphatic rings. The zero-order valence-corrected chi connectivity index (χ0v) is 14.2. The average Bonchev–Trinajstić information content (AvgIpc) is 3.22. The summed E-state index contributed by atoms with van der Waals surface area (Å²) in [6, 6.07) is 8.54. The maximum absolute atomic E-state index is 12.7. The fourth-order valence-corrected chi connectivity index (χ4v) is 2.73. The number of aromatic nitrogens is 2. The van der Waals surface area contributed by atoms with Gasteiger partial charge in [0.1, 0.15) is 17.6 Å². The van der Waals surface area contributed by atoms with Crippen LogP contribution in [-0.4, -0.2) is 45.1 Å². The molecule has 1 unspecified atom stereocenters. The van der Waals surface area contributed by atoms with Gasteiger partial charge in [0.05, 0.1) is 12.2 Å². The number of imidazole rings is 1. The van der Waals surface area contributed by atoms with Gasteiger partial charge in [0.25, 0.3) is 5.91 Å². The molecule has 0 aliphatic carbocycles. The Morgan fingerprint density at radius 3 is 2.64 bits per heavy atom. The predicted molar refractivity (Wildman–Crippen MR) is 93.6 cm³/mol. The molecule has 8 nitrogen and oxygen atoms in total. The molecule has 0 fully saturated rings. The first kappa shape index (κ1) is 16.7. The van der Waals surface area contributed by atoms with E-state index in [-0.39, 0.29) is 12.3 Å². The Morgan fingerprint density at radius 1 is 1.32 bits per heavy atom. The molecular weight excluding hydrogens is 320 g/mol. The van der Waals surface area contributed by atoms with Gasteiger partial charge in [-0.2, -0.15) is 5.10 Å². The van der Waals surface area contributed by atoms with Gasteiger partial charge >= 0.3 is 0 Å². The van der Waals surface area contributed by atoms with Crippen LogP contribution in [0.4, 0.5) is 5.69 Å². The third-order valence-corrected chi connectivity index (χ3v) is 4.15. The number of amides is 2. The Labute approximate surface area is 145 Å². The minimum Gasteiger partial charge on any atom is -0.368 e. The Bertz CT molecular complexity index is 814. The molecule has 2 amide bonds. The van der Waals surface area contributed by atoms with Gasteiger partial charge in [-0.3, -0.25) is 14.6 Å². The summed E-state index contributed by atoms with van der Waals surface area (Å²) in [6.45, 7) is 0.355. The molecule has 0 radical (unpaired) electrons. The van der Waals surface area contributed by atoms with Crippen molar-refractivity contribution in [3.63, 3.8) is 0 Å². The van der Waals surface area contributed by atoms with Crippen LogP contribution in [0.15, 0.2) is 47.8 Å². The Kier molecular flexibility index (Phi) is 4.51. The number of carbonyl (C=O) groups excluding carboxylic acids is 2. The van der Waals surface area contributed by atoms with Crippen molar-refractivity contribution in [2.24, 2.45) is 17.9 Å². The molecule has 1 aliphatic heterocycles. The third-order valence-electron chi connectivity index (χ3n) is 4.15. The van der Waals surface area contributed by atoms with Crippen LogP contribution in [0, 0.1) is 0 Å². The highest BCUT2D eigenvalue weighted by atomic mass is 16.2. The monoisotopic (exact) mass is 340 g/mol. The maximum atomic E-state index is 12.7. The van der Waals surface area contributed by atoms with Crippen LogP contribution >= 0.6 is 0 Å². The minimum atomic E-state index is -0.664. The van der Waals surface area contributed by atoms with Crippen molar-refractivity contribution in [3.05, 3.63) is 48.5 Å². The fraction of sp³-hybridized carbons (Fsp3) is 0.294. The van der Waals surface area contributed by atoms with Crippen molar-refractivity contribution in [3.8, 4) is 0 Å². The van der Waals surface area contributed by atoms with Crippen LogP contribution in [0.25, 0.3) is 0 Å². The summed E-state index contributed by atoms with van der Waals surface area (Å²) in [4.78, 5) is 30.3. The predicted octanol–water partition coefficient (Wildman–Crippen LogP) is 0.499. The summed E-state index contributed by atoms with van der Waals surface area (Å²) >= 11 is 0. The number of nitrogens with two attached hydrogens (primary N) is 1. The molecule has 1 aromatic carbocycles. The maximum Gasteiger partial charge on any atom is 0.270 e. The number of hydrogen-bond acceptors (Lipinski definition) is 5. The fourth-order valence-electron chi connectivity index (χ4n) is 2.73. The number of nitrogens with zero attached hydrogens (tertiary/aromatic N) is 5. The second-order valence-corrected chi connectivity index (χ2v) is 5.96. The molecule has 25 heavy (non-hydrogen) atoms. The van der Waals surface area contributed by atoms with Crippen molar-refractivity contribution >= 4 is 23.2 Å². The van der Waals surface area contributed by atoms with Gasteiger partial charge in [0, 0.05) is 32.9 Å². The van der Waals surface area contributed by atoms with Crippen molar-refractivity contribution in [1.29, 1.82) is 0 Å². The number of para-hydroxylation sites is 1. The van der Waals surface area contributed by atoms with Gasteiger partial charge in [0.2, 0.25) is 5.91 Å². The molecular formula is C17H20N6O2. The first-order chi connectivity index (χ1) is 12.0. The topological polar surface area (TPSA) is 96.8 Å². The van der Waals surface area contributed by atoms with Crippen LogP contribution in [0.5, 0.6) is 0 Å². The lowest BCUT2D eigenvalue weighted by atomic mass is 10.1. The van der Waals surface area contributed by atoms with Crippen molar-refractivity contribution < 1.29 is 9.59 Å². The smallest absolute Gasteiger partial charge is 0.270 e. The van der Waals surface area contributed by atoms with E-state index in [4.69, 9.17) is 5.73 Å². The summed E-state index contributed by atoms with van der Waals surface area (Å²) < 4.78 is 1.85. The molecule has 1 aromatic heterocycles. The minimum absolute atomic E-state index is 0.188. The summed E-state index contributed by atoms with van der Waals surface area (Å²) in [5, 5.41) is 5.88. The van der Waals surface area contributed by atoms with Gasteiger partial charge in [0.15, 0.2) is 0 Å². The van der Waals surface area contributed by atoms with Gasteiger partial charge in [-0.05, 0) is 12.1 Å². The molecule has 2 heterocycles. The molecule has 130 valence electrons. The van der Waals surface area contributed by atoms with Crippen molar-refractivity contribution in [1.82, 2.24) is 14.5 Å². The summed E-state index contributed by atoms with van der Waals surface area (Å²) in [7, 11) is 3.55. The van der Waals surface area contributed by atoms with E-state index in [1.54, 1.807) is 13.2 Å². The van der Waals surface area contributed by atoms with E-state index < -0.39 is 11.9 Å². The number of primary amides is 1. The van der Waals surface area contributed by atoms with E-state index in [9.17, 15) is 9.59 Å². The Morgan fingerprint density at radius 2 is 2.04 bits per heavy atom. The van der Waals surface area contributed by atoms with Gasteiger partial charge in [-0.15, -0.1) is 0 Å². The van der Waals surface area contributed by atoms with E-state index in [1.807, 2.05) is 48.1 Å². The zero-order chi connectivity index (χ0) is 18.0. The number of carbonyl (C=O) groups is 2. The summed E-state index contributed by atoms with van der Waals surface area (Å²) in [6.07, 6.45) is 3.69. The summed E-state index contributed by atoms with van der Waals surface area (Å²) in [5.41, 5.74) is 6.53. The highest BCUT2D eigenvalue weighted by Crippen LogP contribution is 2.24. The Hall–Kier alpha value is -3.16. The van der Waals surface area contributed by atoms with Crippen LogP contribution in [0.1, 0.15) is 12.2 Å². The normalized spacial score (nSPS) is 16.6. The third kappa shape index (κ3) is 3.37. The highest BCUT2D eigenvalue weighted by Gasteiger charge is 2.36. The lowest BCUT2D eigenvalue weighted by Crippen LogP contribution is -2.40. The van der Waals surface area contributed by atoms with Crippen LogP contribution in [0.3, 0.4) is 0 Å². The molecule has 0 saturated heterocycles. The number of hydrogen-bond donors (Lipinski definition) is 1. The number of aryl methyl sites for hydroxylation is 1. The SMILES string of the molecule is CN(Cc1nccn1C)C(=O)C1=NN(c2ccccc2)C(C(N)=O)C1. The van der Waals surface area contributed by atoms with Crippen molar-refractivity contribution in [2.45, 2.75) is 19.0 Å². The lowest BCUT2D eigenvalue weighted by molar-refractivity contribution is -0.123. The number of rotatable bonds is 5. The Balaban J connectivity index is 1.80. The van der Waals surface area contributed by atoms with Crippen LogP contribution < -0.4 is 10.7 Å². The van der Waals surface area contributed by atoms with E-state index >= 15 is 0 Å². The lowest BCUT2D eigenvalue weighted by Gasteiger charge is -2.20. The van der Waals surface area contributed by atoms with E-state index in [1.165, 1.54) is 9.91 Å². The van der Waals surface area contributed by atoms with Gasteiger partial charge < -0.3 is 15.2 Å². The van der Waals surface area contributed by atoms with Gasteiger partial charge in [-0.1, -0.05) is 18.2 Å². The van der Waals surface area contributed by atoms with Gasteiger partial charge in [-0.25, -0.2) is 4.98 Å². The second kappa shape index (κ2) is 6.76. The molecule has 2 N–H and O–H groups in total. The molecule has 2 aromatic rings. The molecule has 0 bridgehead atoms. The first-order valence-electron chi connectivity index (χ1n) is 7.90. The number of benzene rings is 1. The van der Waals surface area contributed by atoms with Crippen LogP contribution in [-0.2, 0) is 23.2 Å². The average molecular weight is 340 g/mol. The van der Waals surface area contributed by atoms with Crippen LogP contribution in [0.2, 0.25) is 0 Å². The van der Waals surface area contributed by atoms with Crippen molar-refractivity contribution in [2.75, 3.05) is 12.1 Å². The first-order valence-corrected chi connectivity index (χ1v) is 7.90. The largest absolute Gasteiger partial charge is 0.368 e. The number of anilines is 1. The number of hydrazone groups is 1. The molecule has 0 spiro atoms. The van der Waals surface area contributed by atoms with E-state index in [0.29, 0.717) is 12.3 Å². The quantitative estimate of drug-likeness (QED) is 0.857. The standard InChI is InChI=1S/C17H20N6O2/c1-21-9-8-19-15(21)11-22(2)17(25)13-10-14(16(18)24)23(20-13)12-6-4-3-5-7-12/h3-9,14H,10-11H2,1-2H3,(H2,18,24). The molecule has 0 saturated carbocycles. The molecule has 1 atom stereocenters. The molecule has 3 rings (SSSR count). The van der Waals surface area contributed by atoms with E-state index in [0.717, 1.165) is 11.5 Å².